The summed E-state index contributed by atoms with van der Waals surface area (Å²) in [6.45, 7) is 3.18. The van der Waals surface area contributed by atoms with Crippen LogP contribution >= 0.6 is 0 Å². The zero-order valence-corrected chi connectivity index (χ0v) is 17.9. The summed E-state index contributed by atoms with van der Waals surface area (Å²) in [5.74, 6) is 0.455. The molecular formula is C22H21F3N2O3S. The van der Waals surface area contributed by atoms with Crippen LogP contribution in [0.4, 0.5) is 13.2 Å². The van der Waals surface area contributed by atoms with Gasteiger partial charge in [0.15, 0.2) is 0 Å². The van der Waals surface area contributed by atoms with E-state index in [4.69, 9.17) is 4.74 Å². The number of sulfonamides is 1. The van der Waals surface area contributed by atoms with Gasteiger partial charge in [0, 0.05) is 17.8 Å². The van der Waals surface area contributed by atoms with Crippen molar-refractivity contribution in [3.8, 4) is 17.0 Å². The normalized spacial score (nSPS) is 12.6. The Labute approximate surface area is 179 Å². The summed E-state index contributed by atoms with van der Waals surface area (Å²) in [5, 5.41) is 0. The fourth-order valence-corrected chi connectivity index (χ4v) is 4.77. The van der Waals surface area contributed by atoms with E-state index in [9.17, 15) is 21.6 Å². The molecule has 0 bridgehead atoms. The van der Waals surface area contributed by atoms with Crippen molar-refractivity contribution in [3.63, 3.8) is 0 Å². The largest absolute Gasteiger partial charge is 0.481 e. The smallest absolute Gasteiger partial charge is 0.417 e. The molecule has 0 aliphatic carbocycles. The third-order valence-corrected chi connectivity index (χ3v) is 6.45. The first-order valence-electron chi connectivity index (χ1n) is 9.25. The van der Waals surface area contributed by atoms with Gasteiger partial charge >= 0.3 is 6.18 Å². The molecule has 2 aromatic carbocycles. The molecule has 0 aliphatic rings. The number of nitrogens with one attached hydrogen (secondary N) is 1. The van der Waals surface area contributed by atoms with Crippen LogP contribution in [0.25, 0.3) is 11.1 Å². The molecule has 9 heteroatoms. The molecule has 0 atom stereocenters. The minimum Gasteiger partial charge on any atom is -0.481 e. The Morgan fingerprint density at radius 1 is 0.935 bits per heavy atom. The van der Waals surface area contributed by atoms with Gasteiger partial charge in [-0.3, -0.25) is 0 Å². The quantitative estimate of drug-likeness (QED) is 0.575. The van der Waals surface area contributed by atoms with Gasteiger partial charge in [0.2, 0.25) is 15.9 Å². The molecule has 1 aromatic heterocycles. The molecular weight excluding hydrogens is 429 g/mol. The van der Waals surface area contributed by atoms with Crippen molar-refractivity contribution in [2.75, 3.05) is 7.11 Å². The molecule has 0 saturated heterocycles. The van der Waals surface area contributed by atoms with Gasteiger partial charge in [0.05, 0.1) is 23.1 Å². The summed E-state index contributed by atoms with van der Waals surface area (Å²) in [6.07, 6.45) is -3.18. The van der Waals surface area contributed by atoms with Crippen molar-refractivity contribution in [1.29, 1.82) is 0 Å². The molecule has 0 unspecified atom stereocenters. The highest BCUT2D eigenvalue weighted by molar-refractivity contribution is 7.89. The van der Waals surface area contributed by atoms with Gasteiger partial charge in [-0.15, -0.1) is 0 Å². The van der Waals surface area contributed by atoms with E-state index < -0.39 is 32.2 Å². The van der Waals surface area contributed by atoms with E-state index in [1.54, 1.807) is 44.3 Å². The Bertz CT molecular complexity index is 1180. The maximum Gasteiger partial charge on any atom is 0.417 e. The lowest BCUT2D eigenvalue weighted by molar-refractivity contribution is -0.139. The number of nitrogens with zero attached hydrogens (tertiary/aromatic N) is 1. The maximum absolute atomic E-state index is 13.3. The third kappa shape index (κ3) is 5.05. The van der Waals surface area contributed by atoms with E-state index in [0.29, 0.717) is 11.4 Å². The maximum atomic E-state index is 13.3. The van der Waals surface area contributed by atoms with E-state index in [-0.39, 0.29) is 0 Å². The summed E-state index contributed by atoms with van der Waals surface area (Å²) in [7, 11) is -2.96. The number of hydrogen-bond donors (Lipinski definition) is 1. The second kappa shape index (κ2) is 8.32. The van der Waals surface area contributed by atoms with Crippen LogP contribution < -0.4 is 9.46 Å². The van der Waals surface area contributed by atoms with Gasteiger partial charge < -0.3 is 4.74 Å². The number of benzene rings is 2. The van der Waals surface area contributed by atoms with Crippen LogP contribution in [-0.2, 0) is 21.7 Å². The molecule has 3 rings (SSSR count). The Morgan fingerprint density at radius 2 is 1.65 bits per heavy atom. The van der Waals surface area contributed by atoms with E-state index in [2.05, 4.69) is 9.71 Å². The summed E-state index contributed by atoms with van der Waals surface area (Å²) in [5.41, 5.74) is -0.266. The Balaban J connectivity index is 1.96. The van der Waals surface area contributed by atoms with Crippen molar-refractivity contribution in [1.82, 2.24) is 9.71 Å². The third-order valence-electron chi connectivity index (χ3n) is 4.73. The van der Waals surface area contributed by atoms with Crippen molar-refractivity contribution < 1.29 is 26.3 Å². The van der Waals surface area contributed by atoms with E-state index in [0.717, 1.165) is 29.3 Å². The first-order valence-corrected chi connectivity index (χ1v) is 10.7. The van der Waals surface area contributed by atoms with Crippen LogP contribution in [0.1, 0.15) is 25.0 Å². The van der Waals surface area contributed by atoms with Crippen LogP contribution in [0, 0.1) is 0 Å². The molecule has 0 amide bonds. The van der Waals surface area contributed by atoms with Crippen molar-refractivity contribution >= 4 is 10.0 Å². The van der Waals surface area contributed by atoms with Gasteiger partial charge in [-0.1, -0.05) is 30.3 Å². The van der Waals surface area contributed by atoms with Gasteiger partial charge in [-0.25, -0.2) is 18.1 Å². The SMILES string of the molecule is COc1ccc(-c2cccc(C(C)(C)NS(=O)(=O)c3ccccc3C(F)(F)F)c2)cn1. The molecule has 164 valence electrons. The number of hydrogen-bond acceptors (Lipinski definition) is 4. The number of halogens is 3. The van der Waals surface area contributed by atoms with Crippen LogP contribution in [0.15, 0.2) is 71.8 Å². The number of ether oxygens (including phenoxy) is 1. The van der Waals surface area contributed by atoms with Crippen molar-refractivity contribution in [3.05, 3.63) is 78.0 Å². The molecule has 0 fully saturated rings. The predicted octanol–water partition coefficient (Wildman–Crippen LogP) is 4.99. The monoisotopic (exact) mass is 450 g/mol. The zero-order chi connectivity index (χ0) is 22.9. The highest BCUT2D eigenvalue weighted by Crippen LogP contribution is 2.35. The standard InChI is InChI=1S/C22H21F3N2O3S/c1-21(2,27-31(28,29)19-10-5-4-9-18(19)22(23,24)25)17-8-6-7-15(13-17)16-11-12-20(30-3)26-14-16/h4-14,27H,1-3H3. The van der Waals surface area contributed by atoms with Crippen LogP contribution in [0.2, 0.25) is 0 Å². The lowest BCUT2D eigenvalue weighted by Crippen LogP contribution is -2.41. The zero-order valence-electron chi connectivity index (χ0n) is 17.1. The second-order valence-electron chi connectivity index (χ2n) is 7.39. The molecule has 1 heterocycles. The fourth-order valence-electron chi connectivity index (χ4n) is 3.14. The topological polar surface area (TPSA) is 68.3 Å². The van der Waals surface area contributed by atoms with Crippen LogP contribution in [-0.4, -0.2) is 20.5 Å². The highest BCUT2D eigenvalue weighted by atomic mass is 32.2. The average Bonchev–Trinajstić information content (AvgIpc) is 2.72. The number of alkyl halides is 3. The number of methoxy groups -OCH3 is 1. The van der Waals surface area contributed by atoms with Crippen LogP contribution in [0.3, 0.4) is 0 Å². The summed E-state index contributed by atoms with van der Waals surface area (Å²) in [6, 6.07) is 14.7. The number of aromatic nitrogens is 1. The van der Waals surface area contributed by atoms with Gasteiger partial charge in [0.1, 0.15) is 0 Å². The lowest BCUT2D eigenvalue weighted by Gasteiger charge is -2.28. The molecule has 5 nitrogen and oxygen atoms in total. The average molecular weight is 450 g/mol. The van der Waals surface area contributed by atoms with E-state index in [1.807, 2.05) is 12.1 Å². The molecule has 0 aliphatic heterocycles. The second-order valence-corrected chi connectivity index (χ2v) is 9.05. The van der Waals surface area contributed by atoms with E-state index >= 15 is 0 Å². The molecule has 31 heavy (non-hydrogen) atoms. The summed E-state index contributed by atoms with van der Waals surface area (Å²) in [4.78, 5) is 3.34. The highest BCUT2D eigenvalue weighted by Gasteiger charge is 2.38. The molecule has 1 N–H and O–H groups in total. The predicted molar refractivity (Wildman–Crippen MR) is 111 cm³/mol. The first kappa shape index (κ1) is 22.8. The molecule has 0 saturated carbocycles. The molecule has 0 radical (unpaired) electrons. The van der Waals surface area contributed by atoms with Gasteiger partial charge in [-0.05, 0) is 49.2 Å². The van der Waals surface area contributed by atoms with E-state index in [1.165, 1.54) is 13.2 Å². The Kier molecular flexibility index (Phi) is 6.11. The summed E-state index contributed by atoms with van der Waals surface area (Å²) >= 11 is 0. The molecule has 3 aromatic rings. The van der Waals surface area contributed by atoms with Crippen molar-refractivity contribution in [2.45, 2.75) is 30.5 Å². The number of pyridine rings is 1. The van der Waals surface area contributed by atoms with Gasteiger partial charge in [-0.2, -0.15) is 13.2 Å². The minimum absolute atomic E-state index is 0.455. The minimum atomic E-state index is -4.79. The summed E-state index contributed by atoms with van der Waals surface area (Å²) < 4.78 is 73.2. The van der Waals surface area contributed by atoms with Crippen molar-refractivity contribution in [2.24, 2.45) is 0 Å². The lowest BCUT2D eigenvalue weighted by atomic mass is 9.93. The Morgan fingerprint density at radius 3 is 2.26 bits per heavy atom. The van der Waals surface area contributed by atoms with Crippen LogP contribution in [0.5, 0.6) is 5.88 Å². The van der Waals surface area contributed by atoms with Gasteiger partial charge in [0.25, 0.3) is 0 Å². The molecule has 0 spiro atoms. The first-order chi connectivity index (χ1) is 14.4. The fraction of sp³-hybridized carbons (Fsp3) is 0.227. The Hall–Kier alpha value is -2.91. The number of rotatable bonds is 6.